The number of rotatable bonds is 1. The minimum absolute atomic E-state index is 0.0237. The summed E-state index contributed by atoms with van der Waals surface area (Å²) >= 11 is 6.13. The van der Waals surface area contributed by atoms with E-state index in [2.05, 4.69) is 10.3 Å². The van der Waals surface area contributed by atoms with Crippen molar-refractivity contribution >= 4 is 34.2 Å². The Bertz CT molecular complexity index is 688. The quantitative estimate of drug-likeness (QED) is 0.775. The molecule has 1 amide bonds. The molecule has 4 nitrogen and oxygen atoms in total. The molecule has 1 aliphatic heterocycles. The van der Waals surface area contributed by atoms with Gasteiger partial charge in [-0.15, -0.1) is 0 Å². The normalized spacial score (nSPS) is 14.4. The molecular formula is C13H11ClN2O2. The van der Waals surface area contributed by atoms with Crippen LogP contribution in [0.25, 0.3) is 10.9 Å². The van der Waals surface area contributed by atoms with Gasteiger partial charge in [0, 0.05) is 17.5 Å². The third kappa shape index (κ3) is 1.46. The predicted molar refractivity (Wildman–Crippen MR) is 69.4 cm³/mol. The van der Waals surface area contributed by atoms with E-state index in [9.17, 15) is 9.59 Å². The Balaban J connectivity index is 2.44. The fraction of sp³-hybridized carbons (Fsp3) is 0.231. The summed E-state index contributed by atoms with van der Waals surface area (Å²) in [6.45, 7) is 2.10. The largest absolute Gasteiger partial charge is 0.350 e. The minimum atomic E-state index is -0.141. The third-order valence-electron chi connectivity index (χ3n) is 3.27. The molecule has 2 aromatic rings. The molecule has 2 N–H and O–H groups in total. The number of nitrogens with one attached hydrogen (secondary N) is 2. The van der Waals surface area contributed by atoms with E-state index in [0.717, 1.165) is 10.9 Å². The zero-order valence-corrected chi connectivity index (χ0v) is 10.5. The van der Waals surface area contributed by atoms with Crippen LogP contribution in [0, 0.1) is 0 Å². The number of H-pyrrole nitrogens is 1. The third-order valence-corrected chi connectivity index (χ3v) is 3.59. The molecule has 0 saturated heterocycles. The monoisotopic (exact) mass is 262 g/mol. The number of hydrogen-bond donors (Lipinski definition) is 2. The molecule has 0 radical (unpaired) electrons. The van der Waals surface area contributed by atoms with Crippen LogP contribution >= 0.6 is 11.6 Å². The minimum Gasteiger partial charge on any atom is -0.350 e. The van der Waals surface area contributed by atoms with E-state index < -0.39 is 0 Å². The summed E-state index contributed by atoms with van der Waals surface area (Å²) in [5.74, 6) is -0.164. The second kappa shape index (κ2) is 3.85. The molecule has 2 heterocycles. The summed E-state index contributed by atoms with van der Waals surface area (Å²) in [7, 11) is 0. The van der Waals surface area contributed by atoms with Crippen molar-refractivity contribution in [1.82, 2.24) is 10.3 Å². The first-order chi connectivity index (χ1) is 8.59. The summed E-state index contributed by atoms with van der Waals surface area (Å²) in [5, 5.41) is 4.09. The van der Waals surface area contributed by atoms with Gasteiger partial charge in [0.15, 0.2) is 5.78 Å². The number of benzene rings is 1. The van der Waals surface area contributed by atoms with E-state index >= 15 is 0 Å². The summed E-state index contributed by atoms with van der Waals surface area (Å²) in [5.41, 5.74) is 2.70. The molecular weight excluding hydrogens is 252 g/mol. The summed E-state index contributed by atoms with van der Waals surface area (Å²) < 4.78 is 0. The Morgan fingerprint density at radius 2 is 2.17 bits per heavy atom. The highest BCUT2D eigenvalue weighted by Gasteiger charge is 2.25. The zero-order chi connectivity index (χ0) is 12.9. The Morgan fingerprint density at radius 1 is 1.39 bits per heavy atom. The van der Waals surface area contributed by atoms with Gasteiger partial charge in [0.2, 0.25) is 0 Å². The van der Waals surface area contributed by atoms with E-state index in [4.69, 9.17) is 11.6 Å². The van der Waals surface area contributed by atoms with Crippen molar-refractivity contribution in [3.05, 3.63) is 34.0 Å². The van der Waals surface area contributed by atoms with Gasteiger partial charge in [-0.1, -0.05) is 11.6 Å². The zero-order valence-electron chi connectivity index (χ0n) is 9.76. The van der Waals surface area contributed by atoms with Crippen molar-refractivity contribution in [2.45, 2.75) is 13.3 Å². The van der Waals surface area contributed by atoms with Gasteiger partial charge in [-0.05, 0) is 31.0 Å². The maximum Gasteiger partial charge on any atom is 0.268 e. The second-order valence-corrected chi connectivity index (χ2v) is 4.79. The van der Waals surface area contributed by atoms with Crippen molar-refractivity contribution in [1.29, 1.82) is 0 Å². The van der Waals surface area contributed by atoms with Crippen LogP contribution < -0.4 is 5.32 Å². The molecule has 1 aliphatic rings. The van der Waals surface area contributed by atoms with Crippen LogP contribution in [0.4, 0.5) is 0 Å². The van der Waals surface area contributed by atoms with Gasteiger partial charge >= 0.3 is 0 Å². The van der Waals surface area contributed by atoms with E-state index in [-0.39, 0.29) is 11.7 Å². The molecule has 18 heavy (non-hydrogen) atoms. The van der Waals surface area contributed by atoms with Crippen LogP contribution in [0.3, 0.4) is 0 Å². The lowest BCUT2D eigenvalue weighted by atomic mass is 9.98. The van der Waals surface area contributed by atoms with Crippen LogP contribution in [-0.2, 0) is 6.42 Å². The highest BCUT2D eigenvalue weighted by Crippen LogP contribution is 2.32. The standard InChI is InChI=1S/C13H11ClN2O2/c1-6(17)7-2-3-9(14)12-10(7)8-4-5-15-13(18)11(8)16-12/h2-3,16H,4-5H2,1H3,(H,15,18). The van der Waals surface area contributed by atoms with E-state index in [1.807, 2.05) is 0 Å². The number of carbonyl (C=O) groups excluding carboxylic acids is 2. The van der Waals surface area contributed by atoms with Gasteiger partial charge in [0.25, 0.3) is 5.91 Å². The molecule has 1 aromatic heterocycles. The lowest BCUT2D eigenvalue weighted by molar-refractivity contribution is 0.0940. The number of ketones is 1. The van der Waals surface area contributed by atoms with Crippen LogP contribution in [0.15, 0.2) is 12.1 Å². The summed E-state index contributed by atoms with van der Waals surface area (Å²) in [6.07, 6.45) is 0.710. The molecule has 5 heteroatoms. The van der Waals surface area contributed by atoms with Crippen LogP contribution in [-0.4, -0.2) is 23.2 Å². The van der Waals surface area contributed by atoms with Crippen LogP contribution in [0.2, 0.25) is 5.02 Å². The molecule has 92 valence electrons. The molecule has 0 unspecified atom stereocenters. The Kier molecular flexibility index (Phi) is 2.41. The van der Waals surface area contributed by atoms with Crippen molar-refractivity contribution < 1.29 is 9.59 Å². The molecule has 1 aromatic carbocycles. The molecule has 0 aliphatic carbocycles. The number of aromatic amines is 1. The first-order valence-corrected chi connectivity index (χ1v) is 6.09. The average Bonchev–Trinajstić information content (AvgIpc) is 2.71. The molecule has 0 atom stereocenters. The van der Waals surface area contributed by atoms with E-state index in [1.54, 1.807) is 12.1 Å². The molecule has 0 spiro atoms. The number of halogens is 1. The maximum absolute atomic E-state index is 11.8. The first-order valence-electron chi connectivity index (χ1n) is 5.72. The second-order valence-electron chi connectivity index (χ2n) is 4.39. The lowest BCUT2D eigenvalue weighted by Crippen LogP contribution is -2.31. The average molecular weight is 263 g/mol. The highest BCUT2D eigenvalue weighted by molar-refractivity contribution is 6.36. The van der Waals surface area contributed by atoms with Crippen molar-refractivity contribution in [2.75, 3.05) is 6.54 Å². The van der Waals surface area contributed by atoms with Crippen LogP contribution in [0.5, 0.6) is 0 Å². The highest BCUT2D eigenvalue weighted by atomic mass is 35.5. The van der Waals surface area contributed by atoms with Crippen molar-refractivity contribution in [3.8, 4) is 0 Å². The molecule has 0 bridgehead atoms. The molecule has 3 rings (SSSR count). The fourth-order valence-electron chi connectivity index (χ4n) is 2.46. The smallest absolute Gasteiger partial charge is 0.268 e. The van der Waals surface area contributed by atoms with Gasteiger partial charge in [0.05, 0.1) is 10.5 Å². The van der Waals surface area contributed by atoms with Gasteiger partial charge in [-0.3, -0.25) is 9.59 Å². The Morgan fingerprint density at radius 3 is 2.89 bits per heavy atom. The number of Topliss-reactive ketones (excluding diaryl/α,β-unsaturated/α-hetero) is 1. The van der Waals surface area contributed by atoms with E-state index in [1.165, 1.54) is 6.92 Å². The molecule has 0 fully saturated rings. The Hall–Kier alpha value is -1.81. The van der Waals surface area contributed by atoms with Crippen molar-refractivity contribution in [2.24, 2.45) is 0 Å². The topological polar surface area (TPSA) is 62.0 Å². The first kappa shape index (κ1) is 11.3. The number of amides is 1. The summed E-state index contributed by atoms with van der Waals surface area (Å²) in [6, 6.07) is 3.40. The number of hydrogen-bond acceptors (Lipinski definition) is 2. The number of carbonyl (C=O) groups is 2. The number of aromatic nitrogens is 1. The SMILES string of the molecule is CC(=O)c1ccc(Cl)c2[nH]c3c(c12)CCNC3=O. The van der Waals surface area contributed by atoms with Gasteiger partial charge < -0.3 is 10.3 Å². The lowest BCUT2D eigenvalue weighted by Gasteiger charge is -2.12. The maximum atomic E-state index is 11.8. The molecule has 0 saturated carbocycles. The van der Waals surface area contributed by atoms with Gasteiger partial charge in [-0.25, -0.2) is 0 Å². The predicted octanol–water partition coefficient (Wildman–Crippen LogP) is 2.31. The Labute approximate surface area is 108 Å². The summed E-state index contributed by atoms with van der Waals surface area (Å²) in [4.78, 5) is 26.5. The van der Waals surface area contributed by atoms with Crippen LogP contribution in [0.1, 0.15) is 33.3 Å². The fourth-order valence-corrected chi connectivity index (χ4v) is 2.67. The number of fused-ring (bicyclic) bond motifs is 3. The van der Waals surface area contributed by atoms with E-state index in [0.29, 0.717) is 34.8 Å². The van der Waals surface area contributed by atoms with Gasteiger partial charge in [0.1, 0.15) is 5.69 Å². The van der Waals surface area contributed by atoms with Gasteiger partial charge in [-0.2, -0.15) is 0 Å². The van der Waals surface area contributed by atoms with Crippen molar-refractivity contribution in [3.63, 3.8) is 0 Å².